The number of aromatic hydroxyl groups is 1. The van der Waals surface area contributed by atoms with E-state index in [1.807, 2.05) is 24.3 Å². The van der Waals surface area contributed by atoms with Gasteiger partial charge in [0.05, 0.1) is 47.5 Å². The van der Waals surface area contributed by atoms with Crippen LogP contribution in [0.1, 0.15) is 58.9 Å². The highest BCUT2D eigenvalue weighted by Crippen LogP contribution is 2.51. The van der Waals surface area contributed by atoms with Gasteiger partial charge in [0.25, 0.3) is 8.32 Å². The third kappa shape index (κ3) is 7.86. The van der Waals surface area contributed by atoms with Crippen LogP contribution in [-0.4, -0.2) is 68.8 Å². The minimum Gasteiger partial charge on any atom is -0.504 e. The number of hydrogen-bond acceptors (Lipinski definition) is 8. The number of phenolic OH excluding ortho intramolecular Hbond substituents is 1. The summed E-state index contributed by atoms with van der Waals surface area (Å²) in [6.45, 7) is 9.47. The maximum atomic E-state index is 14.5. The zero-order valence-electron chi connectivity index (χ0n) is 33.7. The largest absolute Gasteiger partial charge is 0.504 e. The molecule has 4 aromatic rings. The van der Waals surface area contributed by atoms with Crippen molar-refractivity contribution in [1.29, 1.82) is 0 Å². The molecule has 1 aliphatic carbocycles. The van der Waals surface area contributed by atoms with Gasteiger partial charge in [-0.15, -0.1) is 0 Å². The highest BCUT2D eigenvalue weighted by atomic mass is 127. The number of carbonyl (C=O) groups excluding carboxylic acids is 2. The first-order valence-corrected chi connectivity index (χ1v) is 23.0. The van der Waals surface area contributed by atoms with Crippen molar-refractivity contribution in [1.82, 2.24) is 0 Å². The van der Waals surface area contributed by atoms with Gasteiger partial charge in [-0.1, -0.05) is 112 Å². The summed E-state index contributed by atoms with van der Waals surface area (Å²) in [7, 11) is -3.16. The minimum atomic E-state index is -2.97. The molecule has 302 valence electrons. The van der Waals surface area contributed by atoms with Crippen LogP contribution in [0.5, 0.6) is 11.5 Å². The summed E-state index contributed by atoms with van der Waals surface area (Å²) in [5.41, 5.74) is 4.76. The number of nitrogens with zero attached hydrogens (tertiary/aromatic N) is 1. The van der Waals surface area contributed by atoms with Gasteiger partial charge in [0, 0.05) is 5.92 Å². The third-order valence-corrected chi connectivity index (χ3v) is 17.9. The topological polar surface area (TPSA) is 126 Å². The number of imide groups is 1. The van der Waals surface area contributed by atoms with E-state index in [9.17, 15) is 24.7 Å². The van der Waals surface area contributed by atoms with E-state index < -0.39 is 27.3 Å². The predicted molar refractivity (Wildman–Crippen MR) is 239 cm³/mol. The van der Waals surface area contributed by atoms with Crippen LogP contribution in [0.4, 0.5) is 5.69 Å². The summed E-state index contributed by atoms with van der Waals surface area (Å²) >= 11 is 2.11. The summed E-state index contributed by atoms with van der Waals surface area (Å²) in [4.78, 5) is 30.1. The fourth-order valence-electron chi connectivity index (χ4n) is 9.38. The molecule has 3 aliphatic rings. The number of allylic oxidation sites excluding steroid dienone is 1. The van der Waals surface area contributed by atoms with Crippen molar-refractivity contribution in [3.63, 3.8) is 0 Å². The zero-order valence-corrected chi connectivity index (χ0v) is 36.8. The molecular weight excluding hydrogens is 860 g/mol. The van der Waals surface area contributed by atoms with Crippen LogP contribution in [0.3, 0.4) is 0 Å². The van der Waals surface area contributed by atoms with Crippen LogP contribution in [0.2, 0.25) is 5.04 Å². The maximum absolute atomic E-state index is 14.5. The van der Waals surface area contributed by atoms with Crippen molar-refractivity contribution < 1.29 is 38.6 Å². The van der Waals surface area contributed by atoms with Crippen LogP contribution < -0.4 is 25.5 Å². The molecule has 3 N–H and O–H groups in total. The number of methoxy groups -OCH3 is 1. The maximum Gasteiger partial charge on any atom is 0.488 e. The van der Waals surface area contributed by atoms with E-state index in [0.717, 1.165) is 39.9 Å². The Balaban J connectivity index is 1.27. The summed E-state index contributed by atoms with van der Waals surface area (Å²) in [5, 5.41) is 32.3. The van der Waals surface area contributed by atoms with Gasteiger partial charge >= 0.3 is 7.12 Å². The van der Waals surface area contributed by atoms with Crippen LogP contribution in [-0.2, 0) is 18.8 Å². The highest BCUT2D eigenvalue weighted by molar-refractivity contribution is 14.1. The monoisotopic (exact) mass is 911 g/mol. The molecule has 7 rings (SSSR count). The van der Waals surface area contributed by atoms with E-state index in [1.54, 1.807) is 25.3 Å². The zero-order chi connectivity index (χ0) is 41.4. The van der Waals surface area contributed by atoms with Crippen molar-refractivity contribution in [2.24, 2.45) is 17.8 Å². The number of ether oxygens (including phenoxy) is 2. The second-order valence-electron chi connectivity index (χ2n) is 16.5. The first kappa shape index (κ1) is 42.1. The van der Waals surface area contributed by atoms with Crippen molar-refractivity contribution >= 4 is 77.4 Å². The predicted octanol–water partition coefficient (Wildman–Crippen LogP) is 6.36. The number of halogens is 1. The molecule has 12 heteroatoms. The molecule has 2 aliphatic heterocycles. The molecule has 0 aromatic heterocycles. The van der Waals surface area contributed by atoms with Crippen molar-refractivity contribution in [2.45, 2.75) is 64.5 Å². The van der Waals surface area contributed by atoms with E-state index in [2.05, 4.69) is 105 Å². The molecule has 0 saturated carbocycles. The molecule has 2 fully saturated rings. The van der Waals surface area contributed by atoms with E-state index in [1.165, 1.54) is 16.5 Å². The molecule has 0 spiro atoms. The van der Waals surface area contributed by atoms with E-state index in [4.69, 9.17) is 13.9 Å². The lowest BCUT2D eigenvalue weighted by atomic mass is 9.69. The molecule has 2 amide bonds. The van der Waals surface area contributed by atoms with Gasteiger partial charge in [-0.25, -0.2) is 0 Å². The second-order valence-corrected chi connectivity index (χ2v) is 22.0. The Morgan fingerprint density at radius 1 is 0.948 bits per heavy atom. The molecule has 2 saturated heterocycles. The quantitative estimate of drug-likeness (QED) is 0.0614. The molecule has 0 unspecified atom stereocenters. The number of benzene rings is 4. The van der Waals surface area contributed by atoms with Crippen molar-refractivity contribution in [2.75, 3.05) is 25.2 Å². The van der Waals surface area contributed by atoms with Crippen LogP contribution >= 0.6 is 22.6 Å². The van der Waals surface area contributed by atoms with Crippen molar-refractivity contribution in [3.05, 3.63) is 123 Å². The fraction of sp³-hybridized carbons (Fsp3) is 0.348. The standard InChI is InChI=1S/C46H51BINO8Si/c1-6-29(22-30-23-38(48)43(50)40(24-30)55-5)20-21-39-41-31(27-57-58(46(2,3)4,34-16-9-7-10-17-34)35-18-11-8-12-19-35)25-36-42(37(41)28-56-39)45(52)49(44(36)51)33-15-13-14-32(26-33)47(53)54/h7-19,22-24,26,36-37,39,42,50,53-54H,6,20-21,25,27-28H2,1-5H3/b29-22+/t36-,37+,39-,42-/m1/s1. The van der Waals surface area contributed by atoms with Gasteiger partial charge in [-0.3, -0.25) is 14.5 Å². The lowest BCUT2D eigenvalue weighted by molar-refractivity contribution is -0.122. The van der Waals surface area contributed by atoms with E-state index >= 15 is 0 Å². The van der Waals surface area contributed by atoms with Gasteiger partial charge in [0.1, 0.15) is 0 Å². The fourth-order valence-corrected chi connectivity index (χ4v) is 14.5. The normalized spacial score (nSPS) is 21.0. The Labute approximate surface area is 356 Å². The molecule has 4 atom stereocenters. The van der Waals surface area contributed by atoms with E-state index in [-0.39, 0.29) is 46.7 Å². The summed E-state index contributed by atoms with van der Waals surface area (Å²) in [5.74, 6) is -1.57. The third-order valence-electron chi connectivity index (χ3n) is 12.1. The lowest BCUT2D eigenvalue weighted by Gasteiger charge is -2.44. The Hall–Kier alpha value is -4.05. The summed E-state index contributed by atoms with van der Waals surface area (Å²) in [6.07, 6.45) is 4.46. The smallest absolute Gasteiger partial charge is 0.488 e. The summed E-state index contributed by atoms with van der Waals surface area (Å²) < 4.78 is 20.3. The summed E-state index contributed by atoms with van der Waals surface area (Å²) in [6, 6.07) is 31.1. The Kier molecular flexibility index (Phi) is 12.5. The number of phenols is 1. The average Bonchev–Trinajstić information content (AvgIpc) is 3.75. The Morgan fingerprint density at radius 3 is 2.22 bits per heavy atom. The van der Waals surface area contributed by atoms with Gasteiger partial charge in [-0.05, 0) is 110 Å². The molecule has 58 heavy (non-hydrogen) atoms. The number of rotatable bonds is 13. The first-order chi connectivity index (χ1) is 27.8. The van der Waals surface area contributed by atoms with Crippen molar-refractivity contribution in [3.8, 4) is 11.5 Å². The number of hydrogen-bond donors (Lipinski definition) is 3. The molecule has 4 aromatic carbocycles. The number of anilines is 1. The molecule has 9 nitrogen and oxygen atoms in total. The average molecular weight is 912 g/mol. The Bertz CT molecular complexity index is 2180. The highest BCUT2D eigenvalue weighted by Gasteiger charge is 2.58. The molecule has 0 radical (unpaired) electrons. The van der Waals surface area contributed by atoms with Gasteiger partial charge in [0.2, 0.25) is 11.8 Å². The van der Waals surface area contributed by atoms with Gasteiger partial charge in [0.15, 0.2) is 11.5 Å². The number of fused-ring (bicyclic) bond motifs is 3. The Morgan fingerprint density at radius 2 is 1.62 bits per heavy atom. The SMILES string of the molecule is CC/C(=C\c1cc(I)c(O)c(OC)c1)CC[C@H]1OC[C@H]2C1=C(CO[Si](c1ccccc1)(c1ccccc1)C(C)(C)C)C[C@H]1C(=O)N(c3cccc(B(O)O)c3)C(=O)[C@H]12. The van der Waals surface area contributed by atoms with Crippen LogP contribution in [0.15, 0.2) is 114 Å². The first-order valence-electron chi connectivity index (χ1n) is 20.0. The molecular formula is C46H51BINO8Si. The number of carbonyl (C=O) groups is 2. The van der Waals surface area contributed by atoms with E-state index in [0.29, 0.717) is 34.5 Å². The van der Waals surface area contributed by atoms with Crippen LogP contribution in [0.25, 0.3) is 6.08 Å². The molecule has 0 bridgehead atoms. The lowest BCUT2D eigenvalue weighted by Crippen LogP contribution is -2.66. The van der Waals surface area contributed by atoms with Gasteiger partial charge in [-0.2, -0.15) is 0 Å². The van der Waals surface area contributed by atoms with Gasteiger partial charge < -0.3 is 29.1 Å². The minimum absolute atomic E-state index is 0.122. The number of amides is 2. The second kappa shape index (κ2) is 17.3. The van der Waals surface area contributed by atoms with Crippen LogP contribution in [0, 0.1) is 21.3 Å². The molecule has 2 heterocycles.